The standard InChI is InChI=1S/C11H18O2S/c1-11(2,3)13-8-9(12)7-10-5-4-6-14-10/h4-6,9,12H,7-8H2,1-3H3. The van der Waals surface area contributed by atoms with E-state index in [0.29, 0.717) is 13.0 Å². The van der Waals surface area contributed by atoms with Crippen LogP contribution in [0.3, 0.4) is 0 Å². The molecule has 0 saturated heterocycles. The van der Waals surface area contributed by atoms with Crippen molar-refractivity contribution < 1.29 is 9.84 Å². The minimum atomic E-state index is -0.395. The molecule has 1 aromatic rings. The predicted molar refractivity (Wildman–Crippen MR) is 59.7 cm³/mol. The maximum absolute atomic E-state index is 9.67. The van der Waals surface area contributed by atoms with Crippen LogP contribution < -0.4 is 0 Å². The van der Waals surface area contributed by atoms with Crippen molar-refractivity contribution >= 4 is 11.3 Å². The molecule has 1 unspecified atom stereocenters. The lowest BCUT2D eigenvalue weighted by atomic mass is 10.2. The SMILES string of the molecule is CC(C)(C)OCC(O)Cc1cccs1. The van der Waals surface area contributed by atoms with Gasteiger partial charge in [-0.15, -0.1) is 11.3 Å². The highest BCUT2D eigenvalue weighted by molar-refractivity contribution is 7.09. The fourth-order valence-electron chi connectivity index (χ4n) is 1.07. The molecule has 1 rings (SSSR count). The van der Waals surface area contributed by atoms with Gasteiger partial charge >= 0.3 is 0 Å². The van der Waals surface area contributed by atoms with Gasteiger partial charge in [0.25, 0.3) is 0 Å². The zero-order valence-electron chi connectivity index (χ0n) is 8.99. The topological polar surface area (TPSA) is 29.5 Å². The summed E-state index contributed by atoms with van der Waals surface area (Å²) in [5.74, 6) is 0. The normalized spacial score (nSPS) is 14.3. The van der Waals surface area contributed by atoms with E-state index in [0.717, 1.165) is 0 Å². The van der Waals surface area contributed by atoms with Crippen molar-refractivity contribution in [1.29, 1.82) is 0 Å². The number of hydrogen-bond donors (Lipinski definition) is 1. The highest BCUT2D eigenvalue weighted by Crippen LogP contribution is 2.13. The number of thiophene rings is 1. The molecule has 0 aliphatic carbocycles. The highest BCUT2D eigenvalue weighted by Gasteiger charge is 2.14. The van der Waals surface area contributed by atoms with Crippen molar-refractivity contribution in [2.24, 2.45) is 0 Å². The summed E-state index contributed by atoms with van der Waals surface area (Å²) in [6.07, 6.45) is 0.293. The van der Waals surface area contributed by atoms with Crippen LogP contribution in [0.5, 0.6) is 0 Å². The van der Waals surface area contributed by atoms with Gasteiger partial charge in [0.05, 0.1) is 18.3 Å². The van der Waals surface area contributed by atoms with Crippen LogP contribution >= 0.6 is 11.3 Å². The van der Waals surface area contributed by atoms with Crippen molar-refractivity contribution in [2.75, 3.05) is 6.61 Å². The molecule has 1 aromatic heterocycles. The van der Waals surface area contributed by atoms with Crippen molar-refractivity contribution in [3.63, 3.8) is 0 Å². The van der Waals surface area contributed by atoms with E-state index in [1.54, 1.807) is 11.3 Å². The zero-order chi connectivity index (χ0) is 10.6. The molecule has 0 spiro atoms. The molecule has 0 aromatic carbocycles. The molecule has 3 heteroatoms. The van der Waals surface area contributed by atoms with Gasteiger partial charge in [0.15, 0.2) is 0 Å². The Hall–Kier alpha value is -0.380. The number of hydrogen-bond acceptors (Lipinski definition) is 3. The molecular weight excluding hydrogens is 196 g/mol. The first kappa shape index (κ1) is 11.7. The molecule has 0 amide bonds. The number of rotatable bonds is 4. The second-order valence-corrected chi connectivity index (χ2v) is 5.39. The zero-order valence-corrected chi connectivity index (χ0v) is 9.80. The summed E-state index contributed by atoms with van der Waals surface area (Å²) in [6.45, 7) is 6.38. The fraction of sp³-hybridized carbons (Fsp3) is 0.636. The van der Waals surface area contributed by atoms with Gasteiger partial charge in [0, 0.05) is 11.3 Å². The van der Waals surface area contributed by atoms with Crippen LogP contribution in [0, 0.1) is 0 Å². The molecule has 0 radical (unpaired) electrons. The first-order valence-electron chi connectivity index (χ1n) is 4.82. The first-order valence-corrected chi connectivity index (χ1v) is 5.70. The van der Waals surface area contributed by atoms with Crippen molar-refractivity contribution in [1.82, 2.24) is 0 Å². The van der Waals surface area contributed by atoms with E-state index in [9.17, 15) is 5.11 Å². The Kier molecular flexibility index (Phi) is 4.11. The van der Waals surface area contributed by atoms with E-state index in [1.807, 2.05) is 38.3 Å². The molecule has 0 fully saturated rings. The third-order valence-electron chi connectivity index (χ3n) is 1.73. The Morgan fingerprint density at radius 1 is 1.50 bits per heavy atom. The van der Waals surface area contributed by atoms with E-state index in [-0.39, 0.29) is 5.60 Å². The Bertz CT molecular complexity index is 249. The van der Waals surface area contributed by atoms with Crippen LogP contribution in [0.15, 0.2) is 17.5 Å². The van der Waals surface area contributed by atoms with E-state index < -0.39 is 6.10 Å². The third-order valence-corrected chi connectivity index (χ3v) is 2.62. The van der Waals surface area contributed by atoms with Crippen LogP contribution in [0.1, 0.15) is 25.6 Å². The lowest BCUT2D eigenvalue weighted by molar-refractivity contribution is -0.0480. The minimum Gasteiger partial charge on any atom is -0.390 e. The molecule has 0 bridgehead atoms. The summed E-state index contributed by atoms with van der Waals surface area (Å²) in [5.41, 5.74) is -0.170. The van der Waals surface area contributed by atoms with Crippen LogP contribution in [0.25, 0.3) is 0 Å². The average Bonchev–Trinajstić information content (AvgIpc) is 2.52. The van der Waals surface area contributed by atoms with Gasteiger partial charge in [-0.3, -0.25) is 0 Å². The molecular formula is C11H18O2S. The Morgan fingerprint density at radius 2 is 2.21 bits per heavy atom. The molecule has 0 aliphatic heterocycles. The Morgan fingerprint density at radius 3 is 2.71 bits per heavy atom. The quantitative estimate of drug-likeness (QED) is 0.834. The molecule has 80 valence electrons. The molecule has 1 N–H and O–H groups in total. The van der Waals surface area contributed by atoms with Gasteiger partial charge in [0.2, 0.25) is 0 Å². The number of aliphatic hydroxyl groups excluding tert-OH is 1. The largest absolute Gasteiger partial charge is 0.390 e. The van der Waals surface area contributed by atoms with Crippen LogP contribution in [-0.2, 0) is 11.2 Å². The second-order valence-electron chi connectivity index (χ2n) is 4.36. The first-order chi connectivity index (χ1) is 6.47. The van der Waals surface area contributed by atoms with Crippen molar-refractivity contribution in [3.8, 4) is 0 Å². The summed E-state index contributed by atoms with van der Waals surface area (Å²) < 4.78 is 5.49. The molecule has 0 aliphatic rings. The lowest BCUT2D eigenvalue weighted by Gasteiger charge is -2.21. The smallest absolute Gasteiger partial charge is 0.0822 e. The number of ether oxygens (including phenoxy) is 1. The van der Waals surface area contributed by atoms with Gasteiger partial charge in [-0.2, -0.15) is 0 Å². The minimum absolute atomic E-state index is 0.170. The monoisotopic (exact) mass is 214 g/mol. The predicted octanol–water partition coefficient (Wildman–Crippen LogP) is 2.47. The molecule has 14 heavy (non-hydrogen) atoms. The average molecular weight is 214 g/mol. The molecule has 1 atom stereocenters. The van der Waals surface area contributed by atoms with Gasteiger partial charge in [-0.05, 0) is 32.2 Å². The maximum atomic E-state index is 9.67. The van der Waals surface area contributed by atoms with Crippen molar-refractivity contribution in [3.05, 3.63) is 22.4 Å². The summed E-state index contributed by atoms with van der Waals surface area (Å²) in [5, 5.41) is 11.7. The second kappa shape index (κ2) is 4.91. The van der Waals surface area contributed by atoms with E-state index >= 15 is 0 Å². The molecule has 0 saturated carbocycles. The summed E-state index contributed by atoms with van der Waals surface area (Å²) >= 11 is 1.67. The van der Waals surface area contributed by atoms with Crippen LogP contribution in [-0.4, -0.2) is 23.4 Å². The van der Waals surface area contributed by atoms with Gasteiger partial charge in [-0.25, -0.2) is 0 Å². The van der Waals surface area contributed by atoms with E-state index in [4.69, 9.17) is 4.74 Å². The van der Waals surface area contributed by atoms with Gasteiger partial charge < -0.3 is 9.84 Å². The molecule has 2 nitrogen and oxygen atoms in total. The van der Waals surface area contributed by atoms with E-state index in [2.05, 4.69) is 0 Å². The Labute approximate surface area is 89.5 Å². The molecule has 1 heterocycles. The summed E-state index contributed by atoms with van der Waals surface area (Å²) in [4.78, 5) is 1.20. The third kappa shape index (κ3) is 4.74. The van der Waals surface area contributed by atoms with Crippen LogP contribution in [0.4, 0.5) is 0 Å². The Balaban J connectivity index is 2.26. The summed E-state index contributed by atoms with van der Waals surface area (Å²) in [7, 11) is 0. The van der Waals surface area contributed by atoms with Gasteiger partial charge in [0.1, 0.15) is 0 Å². The lowest BCUT2D eigenvalue weighted by Crippen LogP contribution is -2.27. The van der Waals surface area contributed by atoms with Crippen LogP contribution in [0.2, 0.25) is 0 Å². The maximum Gasteiger partial charge on any atom is 0.0822 e. The fourth-order valence-corrected chi connectivity index (χ4v) is 1.84. The highest BCUT2D eigenvalue weighted by atomic mass is 32.1. The number of aliphatic hydroxyl groups is 1. The van der Waals surface area contributed by atoms with E-state index in [1.165, 1.54) is 4.88 Å². The van der Waals surface area contributed by atoms with Crippen molar-refractivity contribution in [2.45, 2.75) is 38.9 Å². The van der Waals surface area contributed by atoms with Gasteiger partial charge in [-0.1, -0.05) is 6.07 Å². The summed E-state index contributed by atoms with van der Waals surface area (Å²) in [6, 6.07) is 4.03.